The van der Waals surface area contributed by atoms with Gasteiger partial charge in [-0.1, -0.05) is 18.2 Å². The summed E-state index contributed by atoms with van der Waals surface area (Å²) < 4.78 is 2.07. The summed E-state index contributed by atoms with van der Waals surface area (Å²) in [6, 6.07) is 12.2. The summed E-state index contributed by atoms with van der Waals surface area (Å²) in [6.45, 7) is 0. The summed E-state index contributed by atoms with van der Waals surface area (Å²) in [5.74, 6) is 5.75. The Morgan fingerprint density at radius 3 is 2.76 bits per heavy atom. The fourth-order valence-electron chi connectivity index (χ4n) is 2.25. The summed E-state index contributed by atoms with van der Waals surface area (Å²) in [5.41, 5.74) is 4.79. The molecule has 2 aromatic heterocycles. The lowest BCUT2D eigenvalue weighted by molar-refractivity contribution is 0.541. The minimum absolute atomic E-state index is 0.0328. The lowest BCUT2D eigenvalue weighted by Gasteiger charge is -2.17. The standard InChI is InChI=1S/C15H13Br2N3S/c16-10-6-11(21-8-10)7-14(20-18)15-12(17)5-9-3-1-2-4-13(9)19-15/h1-6,8,14,20H,7,18H2. The van der Waals surface area contributed by atoms with Gasteiger partial charge >= 0.3 is 0 Å². The SMILES string of the molecule is NNC(Cc1cc(Br)cs1)c1nc2ccccc2cc1Br. The maximum absolute atomic E-state index is 5.75. The lowest BCUT2D eigenvalue weighted by atomic mass is 10.1. The number of fused-ring (bicyclic) bond motifs is 1. The Morgan fingerprint density at radius 2 is 2.05 bits per heavy atom. The fraction of sp³-hybridized carbons (Fsp3) is 0.133. The molecule has 3 nitrogen and oxygen atoms in total. The van der Waals surface area contributed by atoms with Crippen molar-refractivity contribution >= 4 is 54.1 Å². The van der Waals surface area contributed by atoms with Crippen LogP contribution in [0.4, 0.5) is 0 Å². The number of hydrogen-bond acceptors (Lipinski definition) is 4. The van der Waals surface area contributed by atoms with Crippen molar-refractivity contribution in [1.29, 1.82) is 0 Å². The molecule has 0 bridgehead atoms. The first kappa shape index (κ1) is 15.1. The number of nitrogens with zero attached hydrogens (tertiary/aromatic N) is 1. The number of pyridine rings is 1. The van der Waals surface area contributed by atoms with Gasteiger partial charge in [-0.3, -0.25) is 11.3 Å². The minimum atomic E-state index is -0.0328. The number of nitrogens with one attached hydrogen (secondary N) is 1. The second kappa shape index (κ2) is 6.54. The summed E-state index contributed by atoms with van der Waals surface area (Å²) in [4.78, 5) is 6.01. The molecular formula is C15H13Br2N3S. The second-order valence-electron chi connectivity index (χ2n) is 4.70. The van der Waals surface area contributed by atoms with Crippen molar-refractivity contribution in [2.45, 2.75) is 12.5 Å². The molecule has 108 valence electrons. The van der Waals surface area contributed by atoms with Crippen LogP contribution in [0.25, 0.3) is 10.9 Å². The topological polar surface area (TPSA) is 50.9 Å². The maximum Gasteiger partial charge on any atom is 0.0739 e. The van der Waals surface area contributed by atoms with Crippen molar-refractivity contribution in [3.05, 3.63) is 61.3 Å². The van der Waals surface area contributed by atoms with E-state index in [2.05, 4.69) is 60.9 Å². The van der Waals surface area contributed by atoms with E-state index in [4.69, 9.17) is 10.8 Å². The van der Waals surface area contributed by atoms with E-state index in [1.807, 2.05) is 18.2 Å². The van der Waals surface area contributed by atoms with E-state index in [-0.39, 0.29) is 6.04 Å². The Bertz CT molecular complexity index is 772. The van der Waals surface area contributed by atoms with Crippen LogP contribution in [0.5, 0.6) is 0 Å². The number of thiophene rings is 1. The number of para-hydroxylation sites is 1. The highest BCUT2D eigenvalue weighted by molar-refractivity contribution is 9.10. The molecule has 0 saturated heterocycles. The van der Waals surface area contributed by atoms with Crippen molar-refractivity contribution in [3.63, 3.8) is 0 Å². The molecule has 1 atom stereocenters. The van der Waals surface area contributed by atoms with Gasteiger partial charge in [-0.15, -0.1) is 11.3 Å². The van der Waals surface area contributed by atoms with Crippen molar-refractivity contribution < 1.29 is 0 Å². The zero-order chi connectivity index (χ0) is 14.8. The third-order valence-electron chi connectivity index (χ3n) is 3.26. The Balaban J connectivity index is 1.97. The van der Waals surface area contributed by atoms with Crippen LogP contribution in [0.15, 0.2) is 50.7 Å². The van der Waals surface area contributed by atoms with E-state index >= 15 is 0 Å². The van der Waals surface area contributed by atoms with Crippen LogP contribution in [-0.2, 0) is 6.42 Å². The van der Waals surface area contributed by atoms with Gasteiger partial charge in [0.15, 0.2) is 0 Å². The lowest BCUT2D eigenvalue weighted by Crippen LogP contribution is -2.30. The van der Waals surface area contributed by atoms with Crippen molar-refractivity contribution in [2.75, 3.05) is 0 Å². The molecule has 6 heteroatoms. The molecule has 0 aliphatic heterocycles. The van der Waals surface area contributed by atoms with Gasteiger partial charge in [-0.25, -0.2) is 4.98 Å². The largest absolute Gasteiger partial charge is 0.271 e. The maximum atomic E-state index is 5.75. The number of hydrogen-bond donors (Lipinski definition) is 2. The molecule has 0 spiro atoms. The molecule has 3 aromatic rings. The molecule has 3 rings (SSSR count). The molecule has 0 aliphatic rings. The molecule has 1 aromatic carbocycles. The number of nitrogens with two attached hydrogens (primary N) is 1. The normalized spacial score (nSPS) is 12.7. The van der Waals surface area contributed by atoms with Gasteiger partial charge in [0.1, 0.15) is 0 Å². The van der Waals surface area contributed by atoms with E-state index in [0.29, 0.717) is 0 Å². The Kier molecular flexibility index (Phi) is 4.71. The summed E-state index contributed by atoms with van der Waals surface area (Å²) in [5, 5.41) is 3.19. The smallest absolute Gasteiger partial charge is 0.0739 e. The molecule has 2 heterocycles. The predicted octanol–water partition coefficient (Wildman–Crippen LogP) is 4.57. The molecular weight excluding hydrogens is 414 g/mol. The number of benzene rings is 1. The van der Waals surface area contributed by atoms with Gasteiger partial charge < -0.3 is 0 Å². The zero-order valence-corrected chi connectivity index (χ0v) is 15.0. The minimum Gasteiger partial charge on any atom is -0.271 e. The van der Waals surface area contributed by atoms with Gasteiger partial charge in [0, 0.05) is 31.0 Å². The summed E-state index contributed by atoms with van der Waals surface area (Å²) in [6.07, 6.45) is 0.802. The van der Waals surface area contributed by atoms with Crippen molar-refractivity contribution in [3.8, 4) is 0 Å². The molecule has 0 fully saturated rings. The third-order valence-corrected chi connectivity index (χ3v) is 5.62. The molecule has 0 saturated carbocycles. The molecule has 0 radical (unpaired) electrons. The van der Waals surface area contributed by atoms with Crippen LogP contribution in [0.2, 0.25) is 0 Å². The van der Waals surface area contributed by atoms with Crippen molar-refractivity contribution in [1.82, 2.24) is 10.4 Å². The van der Waals surface area contributed by atoms with Gasteiger partial charge in [-0.05, 0) is 50.1 Å². The molecule has 3 N–H and O–H groups in total. The molecule has 1 unspecified atom stereocenters. The van der Waals surface area contributed by atoms with E-state index in [1.54, 1.807) is 11.3 Å². The van der Waals surface area contributed by atoms with Gasteiger partial charge in [0.05, 0.1) is 17.3 Å². The highest BCUT2D eigenvalue weighted by Crippen LogP contribution is 2.30. The van der Waals surface area contributed by atoms with Crippen LogP contribution in [0, 0.1) is 0 Å². The fourth-order valence-corrected chi connectivity index (χ4v) is 4.36. The van der Waals surface area contributed by atoms with Crippen LogP contribution >= 0.6 is 43.2 Å². The average molecular weight is 427 g/mol. The van der Waals surface area contributed by atoms with Gasteiger partial charge in [0.2, 0.25) is 0 Å². The van der Waals surface area contributed by atoms with E-state index in [1.165, 1.54) is 4.88 Å². The highest BCUT2D eigenvalue weighted by Gasteiger charge is 2.17. The van der Waals surface area contributed by atoms with Crippen LogP contribution in [0.1, 0.15) is 16.6 Å². The number of hydrazine groups is 1. The average Bonchev–Trinajstić information content (AvgIpc) is 2.89. The van der Waals surface area contributed by atoms with E-state index < -0.39 is 0 Å². The monoisotopic (exact) mass is 425 g/mol. The Morgan fingerprint density at radius 1 is 1.24 bits per heavy atom. The zero-order valence-electron chi connectivity index (χ0n) is 11.0. The molecule has 0 aliphatic carbocycles. The van der Waals surface area contributed by atoms with Crippen molar-refractivity contribution in [2.24, 2.45) is 5.84 Å². The Hall–Kier alpha value is -0.790. The Labute approximate surface area is 143 Å². The third kappa shape index (κ3) is 3.35. The number of halogens is 2. The molecule has 21 heavy (non-hydrogen) atoms. The second-order valence-corrected chi connectivity index (χ2v) is 7.47. The first-order valence-electron chi connectivity index (χ1n) is 6.41. The molecule has 0 amide bonds. The number of aromatic nitrogens is 1. The van der Waals surface area contributed by atoms with Crippen LogP contribution < -0.4 is 11.3 Å². The van der Waals surface area contributed by atoms with E-state index in [0.717, 1.165) is 32.0 Å². The van der Waals surface area contributed by atoms with Crippen LogP contribution in [-0.4, -0.2) is 4.98 Å². The van der Waals surface area contributed by atoms with Gasteiger partial charge in [-0.2, -0.15) is 0 Å². The summed E-state index contributed by atoms with van der Waals surface area (Å²) >= 11 is 8.81. The quantitative estimate of drug-likeness (QED) is 0.474. The van der Waals surface area contributed by atoms with E-state index in [9.17, 15) is 0 Å². The van der Waals surface area contributed by atoms with Crippen LogP contribution in [0.3, 0.4) is 0 Å². The first-order valence-corrected chi connectivity index (χ1v) is 8.88. The highest BCUT2D eigenvalue weighted by atomic mass is 79.9. The predicted molar refractivity (Wildman–Crippen MR) is 95.2 cm³/mol. The number of rotatable bonds is 4. The van der Waals surface area contributed by atoms with Gasteiger partial charge in [0.25, 0.3) is 0 Å². The summed E-state index contributed by atoms with van der Waals surface area (Å²) in [7, 11) is 0. The first-order chi connectivity index (χ1) is 10.2.